The van der Waals surface area contributed by atoms with Gasteiger partial charge in [0.25, 0.3) is 0 Å². The molecule has 2 aromatic carbocycles. The first kappa shape index (κ1) is 15.5. The average molecular weight is 296 g/mol. The molecule has 0 unspecified atom stereocenters. The monoisotopic (exact) mass is 296 g/mol. The van der Waals surface area contributed by atoms with Crippen molar-refractivity contribution in [2.45, 2.75) is 19.9 Å². The van der Waals surface area contributed by atoms with E-state index in [1.54, 1.807) is 0 Å². The molecule has 0 aromatic heterocycles. The largest absolute Gasteiger partial charge is 0.319 e. The van der Waals surface area contributed by atoms with Crippen molar-refractivity contribution in [3.8, 4) is 17.3 Å². The Morgan fingerprint density at radius 2 is 1.95 bits per heavy atom. The summed E-state index contributed by atoms with van der Waals surface area (Å²) < 4.78 is 0. The molecule has 0 amide bonds. The second-order valence-electron chi connectivity index (χ2n) is 5.01. The van der Waals surface area contributed by atoms with Crippen LogP contribution < -0.4 is 5.32 Å². The number of rotatable bonds is 6. The third-order valence-electron chi connectivity index (χ3n) is 3.56. The molecule has 0 saturated carbocycles. The fourth-order valence-electron chi connectivity index (χ4n) is 2.49. The summed E-state index contributed by atoms with van der Waals surface area (Å²) in [6, 6.07) is 14.9. The molecule has 0 bridgehead atoms. The first-order chi connectivity index (χ1) is 10.3. The van der Waals surface area contributed by atoms with Gasteiger partial charge < -0.3 is 5.32 Å². The van der Waals surface area contributed by atoms with Gasteiger partial charge in [0.05, 0.1) is 6.54 Å². The minimum absolute atomic E-state index is 0.579. The van der Waals surface area contributed by atoms with Gasteiger partial charge in [0.1, 0.15) is 0 Å². The van der Waals surface area contributed by atoms with Crippen molar-refractivity contribution in [1.82, 2.24) is 5.32 Å². The number of nitriles is 1. The number of hydrogen-bond donors (Lipinski definition) is 1. The smallest absolute Gasteiger partial charge is 0.176 e. The van der Waals surface area contributed by atoms with Gasteiger partial charge in [-0.25, -0.2) is 0 Å². The topological polar surface area (TPSA) is 35.8 Å². The predicted octanol–water partition coefficient (Wildman–Crippen LogP) is 4.14. The molecule has 0 spiro atoms. The second kappa shape index (κ2) is 7.75. The van der Waals surface area contributed by atoms with E-state index in [0.29, 0.717) is 6.54 Å². The van der Waals surface area contributed by atoms with Crippen LogP contribution in [0.3, 0.4) is 0 Å². The van der Waals surface area contributed by atoms with E-state index in [0.717, 1.165) is 12.2 Å². The number of benzene rings is 2. The molecular weight excluding hydrogens is 276 g/mol. The Bertz CT molecular complexity index is 630. The van der Waals surface area contributed by atoms with Crippen molar-refractivity contribution in [1.29, 1.82) is 5.26 Å². The first-order valence-corrected chi connectivity index (χ1v) is 8.44. The van der Waals surface area contributed by atoms with Crippen molar-refractivity contribution >= 4 is 11.8 Å². The standard InChI is InChI=1S/C18H20N2S/c1-14-10-15(8-9-21-2)11-17(18(14)12-20-13-19)16-6-4-3-5-7-16/h3-7,10-11,20H,8-9,12H2,1-2H3. The van der Waals surface area contributed by atoms with Crippen LogP contribution in [0.15, 0.2) is 42.5 Å². The van der Waals surface area contributed by atoms with E-state index in [-0.39, 0.29) is 0 Å². The van der Waals surface area contributed by atoms with Crippen molar-refractivity contribution in [2.24, 2.45) is 0 Å². The Kier molecular flexibility index (Phi) is 5.71. The molecule has 0 saturated heterocycles. The van der Waals surface area contributed by atoms with E-state index in [9.17, 15) is 0 Å². The van der Waals surface area contributed by atoms with Gasteiger partial charge in [-0.15, -0.1) is 0 Å². The molecule has 0 heterocycles. The van der Waals surface area contributed by atoms with Crippen molar-refractivity contribution in [3.05, 3.63) is 59.2 Å². The Morgan fingerprint density at radius 1 is 1.19 bits per heavy atom. The normalized spacial score (nSPS) is 10.1. The highest BCUT2D eigenvalue weighted by Gasteiger charge is 2.10. The molecule has 108 valence electrons. The van der Waals surface area contributed by atoms with E-state index in [1.165, 1.54) is 27.8 Å². The minimum atomic E-state index is 0.579. The van der Waals surface area contributed by atoms with Gasteiger partial charge in [-0.1, -0.05) is 42.5 Å². The van der Waals surface area contributed by atoms with Gasteiger partial charge in [0.2, 0.25) is 0 Å². The third-order valence-corrected chi connectivity index (χ3v) is 4.17. The van der Waals surface area contributed by atoms with Crippen LogP contribution in [-0.2, 0) is 13.0 Å². The van der Waals surface area contributed by atoms with E-state index < -0.39 is 0 Å². The highest BCUT2D eigenvalue weighted by molar-refractivity contribution is 7.98. The lowest BCUT2D eigenvalue weighted by Crippen LogP contribution is -2.08. The van der Waals surface area contributed by atoms with E-state index in [4.69, 9.17) is 5.26 Å². The van der Waals surface area contributed by atoms with Crippen LogP contribution in [0.25, 0.3) is 11.1 Å². The van der Waals surface area contributed by atoms with Crippen molar-refractivity contribution < 1.29 is 0 Å². The molecule has 1 N–H and O–H groups in total. The molecule has 0 aliphatic rings. The number of thioether (sulfide) groups is 1. The molecule has 0 fully saturated rings. The van der Waals surface area contributed by atoms with Gasteiger partial charge in [-0.3, -0.25) is 0 Å². The third kappa shape index (κ3) is 4.03. The zero-order valence-electron chi connectivity index (χ0n) is 12.5. The van der Waals surface area contributed by atoms with Crippen LogP contribution in [0.2, 0.25) is 0 Å². The highest BCUT2D eigenvalue weighted by Crippen LogP contribution is 2.28. The quantitative estimate of drug-likeness (QED) is 0.643. The second-order valence-corrected chi connectivity index (χ2v) is 6.00. The molecule has 2 nitrogen and oxygen atoms in total. The summed E-state index contributed by atoms with van der Waals surface area (Å²) in [5.41, 5.74) is 6.25. The summed E-state index contributed by atoms with van der Waals surface area (Å²) in [4.78, 5) is 0. The predicted molar refractivity (Wildman–Crippen MR) is 91.2 cm³/mol. The maximum atomic E-state index is 8.79. The summed E-state index contributed by atoms with van der Waals surface area (Å²) >= 11 is 1.87. The zero-order valence-corrected chi connectivity index (χ0v) is 13.3. The number of aryl methyl sites for hydroxylation is 2. The number of nitrogens with one attached hydrogen (secondary N) is 1. The van der Waals surface area contributed by atoms with Crippen LogP contribution in [0.4, 0.5) is 0 Å². The summed E-state index contributed by atoms with van der Waals surface area (Å²) in [6.45, 7) is 2.71. The van der Waals surface area contributed by atoms with Crippen LogP contribution in [0, 0.1) is 18.4 Å². The summed E-state index contributed by atoms with van der Waals surface area (Å²) in [5.74, 6) is 1.13. The average Bonchev–Trinajstić information content (AvgIpc) is 2.52. The maximum Gasteiger partial charge on any atom is 0.176 e. The molecule has 21 heavy (non-hydrogen) atoms. The molecule has 0 aliphatic heterocycles. The summed E-state index contributed by atoms with van der Waals surface area (Å²) in [7, 11) is 0. The molecule has 3 heteroatoms. The summed E-state index contributed by atoms with van der Waals surface area (Å²) in [5, 5.41) is 11.6. The van der Waals surface area contributed by atoms with Crippen molar-refractivity contribution in [3.63, 3.8) is 0 Å². The Hall–Kier alpha value is -1.92. The number of hydrogen-bond acceptors (Lipinski definition) is 3. The highest BCUT2D eigenvalue weighted by atomic mass is 32.2. The van der Waals surface area contributed by atoms with Crippen LogP contribution in [-0.4, -0.2) is 12.0 Å². The van der Waals surface area contributed by atoms with E-state index in [2.05, 4.69) is 54.9 Å². The maximum absolute atomic E-state index is 8.79. The molecule has 0 atom stereocenters. The lowest BCUT2D eigenvalue weighted by atomic mass is 9.92. The van der Waals surface area contributed by atoms with Crippen LogP contribution in [0.1, 0.15) is 16.7 Å². The van der Waals surface area contributed by atoms with E-state index >= 15 is 0 Å². The van der Waals surface area contributed by atoms with Gasteiger partial charge in [-0.2, -0.15) is 17.0 Å². The van der Waals surface area contributed by atoms with Gasteiger partial charge in [0.15, 0.2) is 6.19 Å². The van der Waals surface area contributed by atoms with Crippen LogP contribution >= 0.6 is 11.8 Å². The molecule has 0 aliphatic carbocycles. The molecular formula is C18H20N2S. The lowest BCUT2D eigenvalue weighted by molar-refractivity contribution is 0.876. The Balaban J connectivity index is 2.46. The fraction of sp³-hybridized carbons (Fsp3) is 0.278. The lowest BCUT2D eigenvalue weighted by Gasteiger charge is -2.15. The Morgan fingerprint density at radius 3 is 2.62 bits per heavy atom. The van der Waals surface area contributed by atoms with Gasteiger partial charge in [0, 0.05) is 0 Å². The number of nitrogens with zero attached hydrogens (tertiary/aromatic N) is 1. The minimum Gasteiger partial charge on any atom is -0.319 e. The molecule has 0 radical (unpaired) electrons. The Labute approximate surface area is 131 Å². The zero-order chi connectivity index (χ0) is 15.1. The van der Waals surface area contributed by atoms with Gasteiger partial charge >= 0.3 is 0 Å². The summed E-state index contributed by atoms with van der Waals surface area (Å²) in [6.07, 6.45) is 5.23. The van der Waals surface area contributed by atoms with Crippen molar-refractivity contribution in [2.75, 3.05) is 12.0 Å². The van der Waals surface area contributed by atoms with Gasteiger partial charge in [-0.05, 0) is 53.2 Å². The molecule has 2 rings (SSSR count). The van der Waals surface area contributed by atoms with E-state index in [1.807, 2.05) is 24.0 Å². The fourth-order valence-corrected chi connectivity index (χ4v) is 2.93. The SMILES string of the molecule is CSCCc1cc(C)c(CNC#N)c(-c2ccccc2)c1. The molecule has 2 aromatic rings. The van der Waals surface area contributed by atoms with Crippen LogP contribution in [0.5, 0.6) is 0 Å². The first-order valence-electron chi connectivity index (χ1n) is 7.05.